The number of aldehydes is 1. The molecule has 0 saturated heterocycles. The first-order chi connectivity index (χ1) is 7.67. The van der Waals surface area contributed by atoms with Gasteiger partial charge in [0.2, 0.25) is 5.88 Å². The molecular weight excluding hydrogens is 287 g/mol. The summed E-state index contributed by atoms with van der Waals surface area (Å²) in [6.07, 6.45) is 0.303. The SMILES string of the molecule is O=Cc1ccc(OS(=O)(=O)C(F)(F)F)nc1Cl. The number of aromatic nitrogens is 1. The summed E-state index contributed by atoms with van der Waals surface area (Å²) in [5, 5.41) is -0.463. The highest BCUT2D eigenvalue weighted by Gasteiger charge is 2.48. The highest BCUT2D eigenvalue weighted by Crippen LogP contribution is 2.26. The summed E-state index contributed by atoms with van der Waals surface area (Å²) in [5.41, 5.74) is -5.67. The predicted molar refractivity (Wildman–Crippen MR) is 50.2 cm³/mol. The van der Waals surface area contributed by atoms with Gasteiger partial charge in [-0.05, 0) is 6.07 Å². The molecule has 1 rings (SSSR count). The van der Waals surface area contributed by atoms with Crippen LogP contribution in [-0.4, -0.2) is 25.2 Å². The molecule has 0 fully saturated rings. The summed E-state index contributed by atoms with van der Waals surface area (Å²) >= 11 is 5.37. The van der Waals surface area contributed by atoms with Gasteiger partial charge < -0.3 is 4.18 Å². The monoisotopic (exact) mass is 289 g/mol. The molecule has 0 aliphatic carbocycles. The van der Waals surface area contributed by atoms with Crippen LogP contribution < -0.4 is 4.18 Å². The first-order valence-electron chi connectivity index (χ1n) is 3.80. The van der Waals surface area contributed by atoms with E-state index in [1.807, 2.05) is 0 Å². The maximum absolute atomic E-state index is 11.9. The zero-order valence-corrected chi connectivity index (χ0v) is 9.30. The second-order valence-corrected chi connectivity index (χ2v) is 4.53. The molecule has 1 heterocycles. The maximum Gasteiger partial charge on any atom is 0.534 e. The second-order valence-electron chi connectivity index (χ2n) is 2.63. The molecule has 0 radical (unpaired) electrons. The van der Waals surface area contributed by atoms with Gasteiger partial charge in [-0.25, -0.2) is 0 Å². The topological polar surface area (TPSA) is 73.3 Å². The lowest BCUT2D eigenvalue weighted by molar-refractivity contribution is -0.0501. The molecule has 0 unspecified atom stereocenters. The van der Waals surface area contributed by atoms with Crippen LogP contribution in [0, 0.1) is 0 Å². The molecule has 0 saturated carbocycles. The van der Waals surface area contributed by atoms with E-state index in [0.717, 1.165) is 12.1 Å². The molecule has 0 bridgehead atoms. The van der Waals surface area contributed by atoms with Crippen LogP contribution in [-0.2, 0) is 10.1 Å². The van der Waals surface area contributed by atoms with Crippen molar-refractivity contribution in [3.63, 3.8) is 0 Å². The Morgan fingerprint density at radius 2 is 1.94 bits per heavy atom. The van der Waals surface area contributed by atoms with Gasteiger partial charge in [0.15, 0.2) is 6.29 Å². The van der Waals surface area contributed by atoms with Crippen LogP contribution in [0.3, 0.4) is 0 Å². The number of hydrogen-bond donors (Lipinski definition) is 0. The van der Waals surface area contributed by atoms with Crippen LogP contribution in [0.2, 0.25) is 5.15 Å². The van der Waals surface area contributed by atoms with Gasteiger partial charge in [-0.3, -0.25) is 4.79 Å². The molecule has 5 nitrogen and oxygen atoms in total. The third-order valence-corrected chi connectivity index (χ3v) is 2.72. The van der Waals surface area contributed by atoms with Crippen LogP contribution in [0.5, 0.6) is 5.88 Å². The molecule has 0 aliphatic heterocycles. The van der Waals surface area contributed by atoms with Gasteiger partial charge >= 0.3 is 15.6 Å². The van der Waals surface area contributed by atoms with Crippen molar-refractivity contribution in [3.8, 4) is 5.88 Å². The van der Waals surface area contributed by atoms with Crippen LogP contribution >= 0.6 is 11.6 Å². The Morgan fingerprint density at radius 3 is 2.35 bits per heavy atom. The summed E-state index contributed by atoms with van der Waals surface area (Å²) in [5.74, 6) is -0.877. The van der Waals surface area contributed by atoms with Gasteiger partial charge in [0, 0.05) is 6.07 Å². The average molecular weight is 290 g/mol. The van der Waals surface area contributed by atoms with Crippen molar-refractivity contribution in [2.24, 2.45) is 0 Å². The smallest absolute Gasteiger partial charge is 0.355 e. The average Bonchev–Trinajstić information content (AvgIpc) is 2.15. The summed E-state index contributed by atoms with van der Waals surface area (Å²) in [4.78, 5) is 13.5. The van der Waals surface area contributed by atoms with E-state index < -0.39 is 26.7 Å². The first kappa shape index (κ1) is 13.7. The number of alkyl halides is 3. The van der Waals surface area contributed by atoms with Crippen molar-refractivity contribution in [2.45, 2.75) is 5.51 Å². The van der Waals surface area contributed by atoms with E-state index in [1.165, 1.54) is 0 Å². The zero-order chi connectivity index (χ0) is 13.3. The fourth-order valence-electron chi connectivity index (χ4n) is 0.722. The highest BCUT2D eigenvalue weighted by atomic mass is 35.5. The Labute approximate surface area is 98.3 Å². The second kappa shape index (κ2) is 4.49. The number of hydrogen-bond acceptors (Lipinski definition) is 5. The Morgan fingerprint density at radius 1 is 1.35 bits per heavy atom. The first-order valence-corrected chi connectivity index (χ1v) is 5.58. The lowest BCUT2D eigenvalue weighted by atomic mass is 10.3. The Balaban J connectivity index is 3.06. The molecule has 0 spiro atoms. The number of halogens is 4. The van der Waals surface area contributed by atoms with Gasteiger partial charge in [-0.15, -0.1) is 0 Å². The fraction of sp³-hybridized carbons (Fsp3) is 0.143. The Bertz CT molecular complexity index is 543. The minimum Gasteiger partial charge on any atom is -0.355 e. The van der Waals surface area contributed by atoms with Gasteiger partial charge in [0.25, 0.3) is 0 Å². The van der Waals surface area contributed by atoms with Crippen molar-refractivity contribution in [2.75, 3.05) is 0 Å². The molecule has 10 heteroatoms. The van der Waals surface area contributed by atoms with E-state index in [-0.39, 0.29) is 5.56 Å². The van der Waals surface area contributed by atoms with Crippen molar-refractivity contribution >= 4 is 28.0 Å². The van der Waals surface area contributed by atoms with E-state index in [1.54, 1.807) is 0 Å². The molecule has 94 valence electrons. The molecule has 1 aromatic rings. The van der Waals surface area contributed by atoms with Crippen LogP contribution in [0.25, 0.3) is 0 Å². The molecule has 17 heavy (non-hydrogen) atoms. The van der Waals surface area contributed by atoms with Crippen molar-refractivity contribution in [1.82, 2.24) is 4.98 Å². The lowest BCUT2D eigenvalue weighted by Crippen LogP contribution is -2.28. The van der Waals surface area contributed by atoms with E-state index in [2.05, 4.69) is 9.17 Å². The quantitative estimate of drug-likeness (QED) is 0.367. The number of rotatable bonds is 3. The van der Waals surface area contributed by atoms with Crippen molar-refractivity contribution in [3.05, 3.63) is 22.8 Å². The molecular formula is C7H3ClF3NO4S. The summed E-state index contributed by atoms with van der Waals surface area (Å²) in [7, 11) is -5.80. The Kier molecular flexibility index (Phi) is 3.62. The van der Waals surface area contributed by atoms with E-state index in [9.17, 15) is 26.4 Å². The number of carbonyl (C=O) groups excluding carboxylic acids is 1. The summed E-state index contributed by atoms with van der Waals surface area (Å²) in [6, 6.07) is 1.75. The van der Waals surface area contributed by atoms with Gasteiger partial charge in [0.1, 0.15) is 5.15 Å². The molecule has 0 amide bonds. The molecule has 0 aromatic carbocycles. The largest absolute Gasteiger partial charge is 0.534 e. The summed E-state index contributed by atoms with van der Waals surface area (Å²) < 4.78 is 60.7. The van der Waals surface area contributed by atoms with E-state index in [4.69, 9.17) is 11.6 Å². The third kappa shape index (κ3) is 3.07. The third-order valence-electron chi connectivity index (χ3n) is 1.46. The number of nitrogens with zero attached hydrogens (tertiary/aromatic N) is 1. The zero-order valence-electron chi connectivity index (χ0n) is 7.73. The highest BCUT2D eigenvalue weighted by molar-refractivity contribution is 7.87. The molecule has 0 aliphatic rings. The van der Waals surface area contributed by atoms with Gasteiger partial charge in [-0.1, -0.05) is 11.6 Å². The minimum absolute atomic E-state index is 0.108. The normalized spacial score (nSPS) is 12.2. The fourth-order valence-corrected chi connectivity index (χ4v) is 1.33. The van der Waals surface area contributed by atoms with Crippen molar-refractivity contribution < 1.29 is 30.6 Å². The standard InChI is InChI=1S/C7H3ClF3NO4S/c8-6-4(3-13)1-2-5(12-6)16-17(14,15)7(9,10)11/h1-3H. The number of carbonyl (C=O) groups is 1. The van der Waals surface area contributed by atoms with Gasteiger partial charge in [0.05, 0.1) is 5.56 Å². The van der Waals surface area contributed by atoms with E-state index in [0.29, 0.717) is 6.29 Å². The molecule has 0 atom stereocenters. The van der Waals surface area contributed by atoms with Gasteiger partial charge in [-0.2, -0.15) is 26.6 Å². The predicted octanol–water partition coefficient (Wildman–Crippen LogP) is 1.78. The van der Waals surface area contributed by atoms with Crippen LogP contribution in [0.4, 0.5) is 13.2 Å². The maximum atomic E-state index is 11.9. The molecule has 1 aromatic heterocycles. The summed E-state index contributed by atoms with van der Waals surface area (Å²) in [6.45, 7) is 0. The van der Waals surface area contributed by atoms with Crippen LogP contribution in [0.1, 0.15) is 10.4 Å². The Hall–Kier alpha value is -1.35. The lowest BCUT2D eigenvalue weighted by Gasteiger charge is -2.08. The van der Waals surface area contributed by atoms with E-state index >= 15 is 0 Å². The minimum atomic E-state index is -5.80. The van der Waals surface area contributed by atoms with Crippen LogP contribution in [0.15, 0.2) is 12.1 Å². The van der Waals surface area contributed by atoms with Crippen molar-refractivity contribution in [1.29, 1.82) is 0 Å². The molecule has 0 N–H and O–H groups in total. The number of pyridine rings is 1.